The van der Waals surface area contributed by atoms with Crippen LogP contribution in [0.15, 0.2) is 5.16 Å². The summed E-state index contributed by atoms with van der Waals surface area (Å²) in [5, 5.41) is 22.2. The number of nitriles is 1. The van der Waals surface area contributed by atoms with E-state index in [0.717, 1.165) is 49.0 Å². The molecule has 1 N–H and O–H groups in total. The van der Waals surface area contributed by atoms with E-state index in [4.69, 9.17) is 0 Å². The maximum absolute atomic E-state index is 9.54. The number of hydrogen-bond donors (Lipinski definition) is 1. The van der Waals surface area contributed by atoms with Gasteiger partial charge in [-0.3, -0.25) is 5.32 Å². The summed E-state index contributed by atoms with van der Waals surface area (Å²) in [7, 11) is 1.99. The molecule has 1 aromatic rings. The second-order valence-corrected chi connectivity index (χ2v) is 6.49. The number of aromatic nitrogens is 3. The Hall–Kier alpha value is -1.06. The third-order valence-corrected chi connectivity index (χ3v) is 5.32. The average molecular weight is 293 g/mol. The van der Waals surface area contributed by atoms with Gasteiger partial charge in [0.1, 0.15) is 11.4 Å². The van der Waals surface area contributed by atoms with E-state index in [-0.39, 0.29) is 5.54 Å². The van der Waals surface area contributed by atoms with Gasteiger partial charge in [-0.2, -0.15) is 5.26 Å². The molecular formula is C14H23N5S. The van der Waals surface area contributed by atoms with Crippen LogP contribution in [-0.2, 0) is 7.05 Å². The fourth-order valence-corrected chi connectivity index (χ4v) is 4.02. The molecule has 0 aliphatic heterocycles. The smallest absolute Gasteiger partial charge is 0.190 e. The third kappa shape index (κ3) is 2.99. The number of hydrogen-bond acceptors (Lipinski definition) is 5. The van der Waals surface area contributed by atoms with Gasteiger partial charge in [-0.15, -0.1) is 10.2 Å². The summed E-state index contributed by atoms with van der Waals surface area (Å²) in [4.78, 5) is 0. The van der Waals surface area contributed by atoms with Gasteiger partial charge in [0.2, 0.25) is 0 Å². The number of aryl methyl sites for hydroxylation is 1. The molecule has 0 amide bonds. The molecule has 1 heterocycles. The summed E-state index contributed by atoms with van der Waals surface area (Å²) < 4.78 is 2.02. The molecule has 20 heavy (non-hydrogen) atoms. The minimum atomic E-state index is -0.300. The zero-order valence-electron chi connectivity index (χ0n) is 12.5. The minimum Gasteiger partial charge on any atom is -0.309 e. The molecule has 5 nitrogen and oxygen atoms in total. The fourth-order valence-electron chi connectivity index (χ4n) is 3.01. The van der Waals surface area contributed by atoms with E-state index >= 15 is 0 Å². The predicted octanol–water partition coefficient (Wildman–Crippen LogP) is 2.28. The van der Waals surface area contributed by atoms with Crippen LogP contribution in [-0.4, -0.2) is 32.6 Å². The first-order valence-electron chi connectivity index (χ1n) is 7.28. The molecule has 2 rings (SSSR count). The normalized spacial score (nSPS) is 25.8. The van der Waals surface area contributed by atoms with Gasteiger partial charge in [0.15, 0.2) is 5.16 Å². The molecule has 1 saturated carbocycles. The summed E-state index contributed by atoms with van der Waals surface area (Å²) in [6.45, 7) is 4.89. The van der Waals surface area contributed by atoms with Crippen molar-refractivity contribution in [3.8, 4) is 6.07 Å². The second kappa shape index (κ2) is 6.59. The number of nitrogens with zero attached hydrogens (tertiary/aromatic N) is 4. The van der Waals surface area contributed by atoms with E-state index in [1.54, 1.807) is 11.8 Å². The topological polar surface area (TPSA) is 66.5 Å². The second-order valence-electron chi connectivity index (χ2n) is 5.43. The molecule has 0 saturated heterocycles. The maximum Gasteiger partial charge on any atom is 0.190 e. The van der Waals surface area contributed by atoms with Crippen LogP contribution in [0.2, 0.25) is 0 Å². The van der Waals surface area contributed by atoms with Crippen LogP contribution in [0.5, 0.6) is 0 Å². The highest BCUT2D eigenvalue weighted by molar-refractivity contribution is 7.99. The van der Waals surface area contributed by atoms with Crippen molar-refractivity contribution in [2.75, 3.05) is 12.3 Å². The number of nitrogens with one attached hydrogen (secondary N) is 1. The van der Waals surface area contributed by atoms with Crippen LogP contribution in [0.3, 0.4) is 0 Å². The molecular weight excluding hydrogens is 270 g/mol. The zero-order valence-corrected chi connectivity index (χ0v) is 13.3. The van der Waals surface area contributed by atoms with Gasteiger partial charge in [0, 0.05) is 12.8 Å². The van der Waals surface area contributed by atoms with E-state index in [0.29, 0.717) is 5.92 Å². The van der Waals surface area contributed by atoms with Gasteiger partial charge in [-0.25, -0.2) is 0 Å². The average Bonchev–Trinajstić information content (AvgIpc) is 2.98. The van der Waals surface area contributed by atoms with Crippen molar-refractivity contribution < 1.29 is 0 Å². The highest BCUT2D eigenvalue weighted by atomic mass is 32.2. The van der Waals surface area contributed by atoms with Gasteiger partial charge in [-0.05, 0) is 38.6 Å². The molecule has 1 fully saturated rings. The molecule has 0 spiro atoms. The summed E-state index contributed by atoms with van der Waals surface area (Å²) in [5.41, 5.74) is -0.300. The van der Waals surface area contributed by atoms with Crippen molar-refractivity contribution >= 4 is 11.8 Å². The molecule has 0 bridgehead atoms. The Balaban J connectivity index is 1.90. The van der Waals surface area contributed by atoms with Gasteiger partial charge in [0.05, 0.1) is 6.07 Å². The van der Waals surface area contributed by atoms with E-state index in [9.17, 15) is 5.26 Å². The Morgan fingerprint density at radius 2 is 2.35 bits per heavy atom. The van der Waals surface area contributed by atoms with Crippen molar-refractivity contribution in [3.63, 3.8) is 0 Å². The lowest BCUT2D eigenvalue weighted by Crippen LogP contribution is -2.47. The van der Waals surface area contributed by atoms with E-state index < -0.39 is 0 Å². The van der Waals surface area contributed by atoms with Crippen LogP contribution in [0, 0.1) is 24.2 Å². The molecule has 110 valence electrons. The molecule has 2 atom stereocenters. The van der Waals surface area contributed by atoms with Crippen molar-refractivity contribution in [1.82, 2.24) is 20.1 Å². The molecule has 1 aromatic heterocycles. The first kappa shape index (κ1) is 15.3. The highest BCUT2D eigenvalue weighted by Crippen LogP contribution is 2.38. The summed E-state index contributed by atoms with van der Waals surface area (Å²) >= 11 is 1.74. The lowest BCUT2D eigenvalue weighted by atomic mass is 9.86. The standard InChI is InChI=1S/C14H23N5S/c1-4-16-14(10-15)8-5-6-12(14)7-9-20-13-18-17-11(2)19(13)3/h12,16H,4-9H2,1-3H3. The minimum absolute atomic E-state index is 0.300. The third-order valence-electron chi connectivity index (χ3n) is 4.26. The van der Waals surface area contributed by atoms with Crippen LogP contribution < -0.4 is 5.32 Å². The monoisotopic (exact) mass is 293 g/mol. The first-order chi connectivity index (χ1) is 9.63. The molecule has 6 heteroatoms. The molecule has 1 aliphatic carbocycles. The van der Waals surface area contributed by atoms with E-state index in [1.807, 2.05) is 18.5 Å². The predicted molar refractivity (Wildman–Crippen MR) is 80.4 cm³/mol. The molecule has 0 radical (unpaired) electrons. The largest absolute Gasteiger partial charge is 0.309 e. The Kier molecular flexibility index (Phi) is 5.06. The molecule has 2 unspecified atom stereocenters. The number of rotatable bonds is 6. The first-order valence-corrected chi connectivity index (χ1v) is 8.26. The lowest BCUT2D eigenvalue weighted by molar-refractivity contribution is 0.317. The summed E-state index contributed by atoms with van der Waals surface area (Å²) in [6, 6.07) is 2.54. The van der Waals surface area contributed by atoms with Gasteiger partial charge in [-0.1, -0.05) is 25.1 Å². The van der Waals surface area contributed by atoms with Crippen LogP contribution in [0.25, 0.3) is 0 Å². The van der Waals surface area contributed by atoms with Crippen molar-refractivity contribution in [1.29, 1.82) is 5.26 Å². The fraction of sp³-hybridized carbons (Fsp3) is 0.786. The quantitative estimate of drug-likeness (QED) is 0.815. The van der Waals surface area contributed by atoms with Gasteiger partial charge < -0.3 is 4.57 Å². The van der Waals surface area contributed by atoms with Gasteiger partial charge in [0.25, 0.3) is 0 Å². The lowest BCUT2D eigenvalue weighted by Gasteiger charge is -2.29. The Bertz CT molecular complexity index is 492. The van der Waals surface area contributed by atoms with Crippen molar-refractivity contribution in [3.05, 3.63) is 5.82 Å². The molecule has 0 aromatic carbocycles. The Morgan fingerprint density at radius 1 is 1.55 bits per heavy atom. The Labute approximate surface area is 125 Å². The summed E-state index contributed by atoms with van der Waals surface area (Å²) in [5.74, 6) is 2.38. The van der Waals surface area contributed by atoms with Crippen molar-refractivity contribution in [2.45, 2.75) is 50.2 Å². The van der Waals surface area contributed by atoms with E-state index in [2.05, 4.69) is 28.5 Å². The SMILES string of the molecule is CCNC1(C#N)CCCC1CCSc1nnc(C)n1C. The van der Waals surface area contributed by atoms with Crippen LogP contribution in [0.1, 0.15) is 38.4 Å². The maximum atomic E-state index is 9.54. The molecule has 1 aliphatic rings. The van der Waals surface area contributed by atoms with Crippen LogP contribution >= 0.6 is 11.8 Å². The number of thioether (sulfide) groups is 1. The highest BCUT2D eigenvalue weighted by Gasteiger charge is 2.42. The van der Waals surface area contributed by atoms with Gasteiger partial charge >= 0.3 is 0 Å². The van der Waals surface area contributed by atoms with Crippen LogP contribution in [0.4, 0.5) is 0 Å². The van der Waals surface area contributed by atoms with Crippen molar-refractivity contribution in [2.24, 2.45) is 13.0 Å². The van der Waals surface area contributed by atoms with E-state index in [1.165, 1.54) is 0 Å². The summed E-state index contributed by atoms with van der Waals surface area (Å²) in [6.07, 6.45) is 4.34. The Morgan fingerprint density at radius 3 is 2.95 bits per heavy atom. The zero-order chi connectivity index (χ0) is 14.6.